The fraction of sp³-hybridized carbons (Fsp3) is 0.579. The SMILES string of the molecule is CCOC(=O)CNC(=O)C(N)CCc1nc2cc(N(CCCl)CCCl)cnc2n1C. The summed E-state index contributed by atoms with van der Waals surface area (Å²) in [5.74, 6) is 0.842. The number of carbonyl (C=O) groups is 2. The van der Waals surface area contributed by atoms with Crippen LogP contribution in [-0.4, -0.2) is 70.5 Å². The lowest BCUT2D eigenvalue weighted by Crippen LogP contribution is -2.43. The Kier molecular flexibility index (Phi) is 9.61. The van der Waals surface area contributed by atoms with E-state index in [1.807, 2.05) is 17.7 Å². The smallest absolute Gasteiger partial charge is 0.325 e. The first-order valence-electron chi connectivity index (χ1n) is 9.78. The second-order valence-corrected chi connectivity index (χ2v) is 7.41. The number of pyridine rings is 1. The van der Waals surface area contributed by atoms with E-state index in [4.69, 9.17) is 33.7 Å². The average Bonchev–Trinajstić information content (AvgIpc) is 3.05. The van der Waals surface area contributed by atoms with Crippen molar-refractivity contribution in [3.05, 3.63) is 18.1 Å². The van der Waals surface area contributed by atoms with Crippen molar-refractivity contribution < 1.29 is 14.3 Å². The Morgan fingerprint density at radius 1 is 1.33 bits per heavy atom. The van der Waals surface area contributed by atoms with E-state index in [2.05, 4.69) is 20.2 Å². The fourth-order valence-corrected chi connectivity index (χ4v) is 3.41. The molecule has 0 radical (unpaired) electrons. The second-order valence-electron chi connectivity index (χ2n) is 6.66. The van der Waals surface area contributed by atoms with Gasteiger partial charge in [-0.25, -0.2) is 9.97 Å². The molecule has 0 aromatic carbocycles. The zero-order valence-electron chi connectivity index (χ0n) is 17.2. The molecule has 1 unspecified atom stereocenters. The van der Waals surface area contributed by atoms with Crippen molar-refractivity contribution in [3.8, 4) is 0 Å². The lowest BCUT2D eigenvalue weighted by molar-refractivity contribution is -0.143. The normalized spacial score (nSPS) is 12.0. The molecule has 0 aliphatic carbocycles. The fourth-order valence-electron chi connectivity index (χ4n) is 3.00. The van der Waals surface area contributed by atoms with Crippen LogP contribution in [0.3, 0.4) is 0 Å². The number of fused-ring (bicyclic) bond motifs is 1. The van der Waals surface area contributed by atoms with Gasteiger partial charge < -0.3 is 25.3 Å². The number of rotatable bonds is 12. The summed E-state index contributed by atoms with van der Waals surface area (Å²) in [6.45, 7) is 3.10. The lowest BCUT2D eigenvalue weighted by Gasteiger charge is -2.22. The molecule has 1 amide bonds. The zero-order chi connectivity index (χ0) is 22.1. The number of imidazole rings is 1. The number of alkyl halides is 2. The van der Waals surface area contributed by atoms with E-state index in [1.54, 1.807) is 13.1 Å². The molecule has 0 aliphatic rings. The van der Waals surface area contributed by atoms with E-state index in [0.29, 0.717) is 37.7 Å². The number of ether oxygens (including phenoxy) is 1. The van der Waals surface area contributed by atoms with E-state index in [9.17, 15) is 9.59 Å². The topological polar surface area (TPSA) is 115 Å². The van der Waals surface area contributed by atoms with Crippen LogP contribution in [0.15, 0.2) is 12.3 Å². The maximum atomic E-state index is 12.1. The molecule has 1 atom stereocenters. The summed E-state index contributed by atoms with van der Waals surface area (Å²) in [5, 5.41) is 2.48. The number of aryl methyl sites for hydroxylation is 2. The van der Waals surface area contributed by atoms with Gasteiger partial charge >= 0.3 is 5.97 Å². The van der Waals surface area contributed by atoms with Crippen LogP contribution < -0.4 is 16.0 Å². The standard InChI is InChI=1S/C19H28Cl2N6O3/c1-3-30-17(28)12-24-19(29)14(22)4-5-16-25-15-10-13(11-23-18(15)26(16)2)27(8-6-20)9-7-21/h10-11,14H,3-9,12,22H2,1-2H3,(H,24,29). The number of carbonyl (C=O) groups excluding carboxylic acids is 2. The van der Waals surface area contributed by atoms with Gasteiger partial charge in [-0.05, 0) is 19.4 Å². The molecule has 2 heterocycles. The Balaban J connectivity index is 2.03. The van der Waals surface area contributed by atoms with E-state index < -0.39 is 17.9 Å². The molecule has 2 aromatic heterocycles. The number of nitrogens with one attached hydrogen (secondary N) is 1. The van der Waals surface area contributed by atoms with Gasteiger partial charge in [0.15, 0.2) is 5.65 Å². The van der Waals surface area contributed by atoms with Crippen LogP contribution in [0.2, 0.25) is 0 Å². The summed E-state index contributed by atoms with van der Waals surface area (Å²) >= 11 is 11.8. The van der Waals surface area contributed by atoms with E-state index in [-0.39, 0.29) is 13.2 Å². The third-order valence-electron chi connectivity index (χ3n) is 4.59. The molecule has 2 aromatic rings. The van der Waals surface area contributed by atoms with Crippen molar-refractivity contribution in [2.24, 2.45) is 12.8 Å². The number of amides is 1. The Bertz CT molecular complexity index is 854. The highest BCUT2D eigenvalue weighted by Crippen LogP contribution is 2.21. The van der Waals surface area contributed by atoms with Crippen LogP contribution in [-0.2, 0) is 27.8 Å². The number of anilines is 1. The molecular formula is C19H28Cl2N6O3. The van der Waals surface area contributed by atoms with Gasteiger partial charge in [0.2, 0.25) is 5.91 Å². The van der Waals surface area contributed by atoms with Crippen LogP contribution in [0.5, 0.6) is 0 Å². The molecule has 0 fully saturated rings. The first kappa shape index (κ1) is 24.2. The largest absolute Gasteiger partial charge is 0.465 e. The number of esters is 1. The lowest BCUT2D eigenvalue weighted by atomic mass is 10.1. The van der Waals surface area contributed by atoms with Gasteiger partial charge in [-0.2, -0.15) is 0 Å². The van der Waals surface area contributed by atoms with Gasteiger partial charge in [-0.1, -0.05) is 0 Å². The summed E-state index contributed by atoms with van der Waals surface area (Å²) < 4.78 is 6.66. The maximum Gasteiger partial charge on any atom is 0.325 e. The van der Waals surface area contributed by atoms with Crippen LogP contribution >= 0.6 is 23.2 Å². The third-order valence-corrected chi connectivity index (χ3v) is 4.93. The van der Waals surface area contributed by atoms with Crippen LogP contribution in [0.25, 0.3) is 11.2 Å². The Labute approximate surface area is 185 Å². The molecule has 9 nitrogen and oxygen atoms in total. The molecule has 2 rings (SSSR count). The van der Waals surface area contributed by atoms with Crippen LogP contribution in [0, 0.1) is 0 Å². The highest BCUT2D eigenvalue weighted by atomic mass is 35.5. The summed E-state index contributed by atoms with van der Waals surface area (Å²) in [7, 11) is 1.87. The monoisotopic (exact) mass is 458 g/mol. The van der Waals surface area contributed by atoms with Gasteiger partial charge in [-0.3, -0.25) is 9.59 Å². The second kappa shape index (κ2) is 11.9. The highest BCUT2D eigenvalue weighted by molar-refractivity contribution is 6.18. The van der Waals surface area contributed by atoms with Crippen molar-refractivity contribution in [2.45, 2.75) is 25.8 Å². The van der Waals surface area contributed by atoms with Gasteiger partial charge in [-0.15, -0.1) is 23.2 Å². The molecule has 0 aliphatic heterocycles. The number of aromatic nitrogens is 3. The predicted molar refractivity (Wildman–Crippen MR) is 118 cm³/mol. The quantitative estimate of drug-likeness (QED) is 0.362. The summed E-state index contributed by atoms with van der Waals surface area (Å²) in [4.78, 5) is 34.6. The number of nitrogens with two attached hydrogens (primary N) is 1. The molecule has 30 heavy (non-hydrogen) atoms. The molecule has 0 saturated carbocycles. The molecule has 0 bridgehead atoms. The average molecular weight is 459 g/mol. The minimum atomic E-state index is -0.759. The Morgan fingerprint density at radius 3 is 2.67 bits per heavy atom. The van der Waals surface area contributed by atoms with Crippen molar-refractivity contribution in [3.63, 3.8) is 0 Å². The molecule has 3 N–H and O–H groups in total. The van der Waals surface area contributed by atoms with E-state index in [1.165, 1.54) is 0 Å². The molecule has 11 heteroatoms. The van der Waals surface area contributed by atoms with Crippen molar-refractivity contribution >= 4 is 51.9 Å². The Morgan fingerprint density at radius 2 is 2.03 bits per heavy atom. The first-order valence-corrected chi connectivity index (χ1v) is 10.8. The minimum absolute atomic E-state index is 0.194. The number of nitrogens with zero attached hydrogens (tertiary/aromatic N) is 4. The zero-order valence-corrected chi connectivity index (χ0v) is 18.7. The summed E-state index contributed by atoms with van der Waals surface area (Å²) in [6, 6.07) is 1.20. The van der Waals surface area contributed by atoms with Gasteiger partial charge in [0.1, 0.15) is 17.9 Å². The summed E-state index contributed by atoms with van der Waals surface area (Å²) in [5.41, 5.74) is 8.35. The van der Waals surface area contributed by atoms with E-state index in [0.717, 1.165) is 22.7 Å². The highest BCUT2D eigenvalue weighted by Gasteiger charge is 2.18. The van der Waals surface area contributed by atoms with Gasteiger partial charge in [0.25, 0.3) is 0 Å². The number of hydrogen-bond donors (Lipinski definition) is 2. The number of halogens is 2. The van der Waals surface area contributed by atoms with Crippen molar-refractivity contribution in [1.29, 1.82) is 0 Å². The van der Waals surface area contributed by atoms with Gasteiger partial charge in [0, 0.05) is 38.3 Å². The summed E-state index contributed by atoms with van der Waals surface area (Å²) in [6.07, 6.45) is 2.65. The molecular weight excluding hydrogens is 431 g/mol. The van der Waals surface area contributed by atoms with Crippen LogP contribution in [0.1, 0.15) is 19.2 Å². The Hall–Kier alpha value is -2.10. The minimum Gasteiger partial charge on any atom is -0.465 e. The van der Waals surface area contributed by atoms with Crippen LogP contribution in [0.4, 0.5) is 5.69 Å². The predicted octanol–water partition coefficient (Wildman–Crippen LogP) is 1.19. The van der Waals surface area contributed by atoms with Gasteiger partial charge in [0.05, 0.1) is 24.5 Å². The maximum absolute atomic E-state index is 12.1. The third kappa shape index (κ3) is 6.45. The number of hydrogen-bond acceptors (Lipinski definition) is 7. The molecule has 0 spiro atoms. The van der Waals surface area contributed by atoms with Crippen molar-refractivity contribution in [2.75, 3.05) is 42.9 Å². The molecule has 166 valence electrons. The van der Waals surface area contributed by atoms with E-state index >= 15 is 0 Å². The van der Waals surface area contributed by atoms with Crippen molar-refractivity contribution in [1.82, 2.24) is 19.9 Å². The molecule has 0 saturated heterocycles. The first-order chi connectivity index (χ1) is 14.4.